The smallest absolute Gasteiger partial charge is 0.174 e. The number of thiophene rings is 1. The van der Waals surface area contributed by atoms with Crippen molar-refractivity contribution >= 4 is 34.4 Å². The molecule has 6 heteroatoms. The number of ether oxygens (including phenoxy) is 1. The van der Waals surface area contributed by atoms with Crippen molar-refractivity contribution in [3.8, 4) is 5.75 Å². The normalized spacial score (nSPS) is 19.1. The van der Waals surface area contributed by atoms with E-state index in [0.717, 1.165) is 17.1 Å². The van der Waals surface area contributed by atoms with Gasteiger partial charge in [-0.2, -0.15) is 0 Å². The number of nitrogens with zero attached hydrogens (tertiary/aromatic N) is 2. The number of nitrogens with one attached hydrogen (secondary N) is 1. The molecule has 0 radical (unpaired) electrons. The van der Waals surface area contributed by atoms with Gasteiger partial charge >= 0.3 is 0 Å². The van der Waals surface area contributed by atoms with E-state index in [0.29, 0.717) is 5.11 Å². The summed E-state index contributed by atoms with van der Waals surface area (Å²) in [5.74, 6) is 0.863. The highest BCUT2D eigenvalue weighted by molar-refractivity contribution is 7.80. The second-order valence-corrected chi connectivity index (χ2v) is 8.46. The van der Waals surface area contributed by atoms with Crippen molar-refractivity contribution in [1.82, 2.24) is 10.3 Å². The number of thiocarbonyl (C=S) groups is 1. The van der Waals surface area contributed by atoms with Gasteiger partial charge in [0.1, 0.15) is 5.75 Å². The summed E-state index contributed by atoms with van der Waals surface area (Å²) in [6, 6.07) is 16.4. The SMILES string of the molecule is Cc1ccsc1C1C(c2ccccn2)NC(=S)N1c1ccc(OC(C)C)cc1. The summed E-state index contributed by atoms with van der Waals surface area (Å²) in [5, 5.41) is 6.35. The summed E-state index contributed by atoms with van der Waals surface area (Å²) in [7, 11) is 0. The fourth-order valence-electron chi connectivity index (χ4n) is 3.54. The van der Waals surface area contributed by atoms with Crippen LogP contribution in [0.5, 0.6) is 5.75 Å². The number of aromatic nitrogens is 1. The summed E-state index contributed by atoms with van der Waals surface area (Å²) in [6.07, 6.45) is 1.98. The number of anilines is 1. The molecule has 1 aliphatic heterocycles. The number of rotatable bonds is 5. The van der Waals surface area contributed by atoms with Crippen molar-refractivity contribution in [2.45, 2.75) is 39.0 Å². The van der Waals surface area contributed by atoms with E-state index in [9.17, 15) is 0 Å². The summed E-state index contributed by atoms with van der Waals surface area (Å²) < 4.78 is 5.79. The number of hydrogen-bond donors (Lipinski definition) is 1. The Morgan fingerprint density at radius 1 is 1.14 bits per heavy atom. The molecule has 1 aromatic carbocycles. The molecule has 4 rings (SSSR count). The van der Waals surface area contributed by atoms with Gasteiger partial charge in [-0.3, -0.25) is 4.98 Å². The maximum absolute atomic E-state index is 5.79. The first-order valence-corrected chi connectivity index (χ1v) is 10.6. The maximum atomic E-state index is 5.79. The second-order valence-electron chi connectivity index (χ2n) is 7.12. The fraction of sp³-hybridized carbons (Fsp3) is 0.273. The third-order valence-corrected chi connectivity index (χ3v) is 6.16. The van der Waals surface area contributed by atoms with E-state index in [2.05, 4.69) is 51.8 Å². The van der Waals surface area contributed by atoms with Crippen LogP contribution in [0.15, 0.2) is 60.1 Å². The third kappa shape index (κ3) is 3.62. The van der Waals surface area contributed by atoms with Gasteiger partial charge in [-0.05, 0) is 86.4 Å². The maximum Gasteiger partial charge on any atom is 0.174 e. The molecule has 0 bridgehead atoms. The molecule has 2 atom stereocenters. The molecule has 0 aliphatic carbocycles. The predicted octanol–water partition coefficient (Wildman–Crippen LogP) is 5.42. The quantitative estimate of drug-likeness (QED) is 0.570. The average molecular weight is 410 g/mol. The molecule has 1 fully saturated rings. The average Bonchev–Trinajstić information content (AvgIpc) is 3.25. The van der Waals surface area contributed by atoms with Crippen molar-refractivity contribution in [3.05, 3.63) is 76.2 Å². The molecule has 3 aromatic rings. The highest BCUT2D eigenvalue weighted by atomic mass is 32.1. The van der Waals surface area contributed by atoms with Crippen molar-refractivity contribution in [2.75, 3.05) is 4.90 Å². The number of aryl methyl sites for hydroxylation is 1. The minimum absolute atomic E-state index is 0.00218. The zero-order chi connectivity index (χ0) is 19.7. The van der Waals surface area contributed by atoms with E-state index in [-0.39, 0.29) is 18.2 Å². The first-order valence-electron chi connectivity index (χ1n) is 9.36. The van der Waals surface area contributed by atoms with E-state index >= 15 is 0 Å². The van der Waals surface area contributed by atoms with Gasteiger partial charge in [-0.25, -0.2) is 0 Å². The molecule has 2 aromatic heterocycles. The molecule has 0 spiro atoms. The lowest BCUT2D eigenvalue weighted by Gasteiger charge is -2.27. The van der Waals surface area contributed by atoms with Crippen LogP contribution in [0.4, 0.5) is 5.69 Å². The molecular weight excluding hydrogens is 386 g/mol. The fourth-order valence-corrected chi connectivity index (χ4v) is 4.94. The first kappa shape index (κ1) is 18.9. The zero-order valence-electron chi connectivity index (χ0n) is 16.1. The molecule has 1 saturated heterocycles. The Kier molecular flexibility index (Phi) is 5.33. The van der Waals surface area contributed by atoms with Crippen LogP contribution >= 0.6 is 23.6 Å². The second kappa shape index (κ2) is 7.89. The van der Waals surface area contributed by atoms with Crippen LogP contribution in [0, 0.1) is 6.92 Å². The molecule has 144 valence electrons. The van der Waals surface area contributed by atoms with Crippen LogP contribution in [-0.4, -0.2) is 16.2 Å². The lowest BCUT2D eigenvalue weighted by Crippen LogP contribution is -2.29. The lowest BCUT2D eigenvalue weighted by atomic mass is 10.0. The minimum Gasteiger partial charge on any atom is -0.491 e. The molecule has 2 unspecified atom stereocenters. The van der Waals surface area contributed by atoms with Crippen molar-refractivity contribution < 1.29 is 4.74 Å². The summed E-state index contributed by atoms with van der Waals surface area (Å²) in [5.41, 5.74) is 3.31. The Labute approximate surface area is 175 Å². The minimum atomic E-state index is -0.00218. The Morgan fingerprint density at radius 3 is 2.54 bits per heavy atom. The van der Waals surface area contributed by atoms with Crippen LogP contribution < -0.4 is 15.0 Å². The largest absolute Gasteiger partial charge is 0.491 e. The number of pyridine rings is 1. The molecule has 1 aliphatic rings. The van der Waals surface area contributed by atoms with E-state index in [1.165, 1.54) is 10.4 Å². The summed E-state index contributed by atoms with van der Waals surface area (Å²) >= 11 is 7.52. The van der Waals surface area contributed by atoms with Gasteiger partial charge in [0.2, 0.25) is 0 Å². The number of hydrogen-bond acceptors (Lipinski definition) is 4. The molecule has 28 heavy (non-hydrogen) atoms. The van der Waals surface area contributed by atoms with Gasteiger partial charge in [0.15, 0.2) is 5.11 Å². The van der Waals surface area contributed by atoms with Crippen LogP contribution in [0.3, 0.4) is 0 Å². The highest BCUT2D eigenvalue weighted by Gasteiger charge is 2.41. The Balaban J connectivity index is 1.74. The van der Waals surface area contributed by atoms with Gasteiger partial charge in [0.05, 0.1) is 23.9 Å². The number of benzene rings is 1. The van der Waals surface area contributed by atoms with Crippen LogP contribution in [0.25, 0.3) is 0 Å². The van der Waals surface area contributed by atoms with Crippen molar-refractivity contribution in [3.63, 3.8) is 0 Å². The molecule has 0 amide bonds. The summed E-state index contributed by atoms with van der Waals surface area (Å²) in [6.45, 7) is 6.21. The van der Waals surface area contributed by atoms with E-state index < -0.39 is 0 Å². The van der Waals surface area contributed by atoms with Crippen LogP contribution in [0.2, 0.25) is 0 Å². The Hall–Kier alpha value is -2.44. The monoisotopic (exact) mass is 409 g/mol. The van der Waals surface area contributed by atoms with Gasteiger partial charge < -0.3 is 15.0 Å². The highest BCUT2D eigenvalue weighted by Crippen LogP contribution is 2.44. The molecule has 4 nitrogen and oxygen atoms in total. The first-order chi connectivity index (χ1) is 13.5. The Morgan fingerprint density at radius 2 is 1.93 bits per heavy atom. The molecule has 0 saturated carbocycles. The van der Waals surface area contributed by atoms with Crippen LogP contribution in [-0.2, 0) is 0 Å². The summed E-state index contributed by atoms with van der Waals surface area (Å²) in [4.78, 5) is 8.09. The van der Waals surface area contributed by atoms with E-state index in [1.807, 2.05) is 44.3 Å². The molecule has 1 N–H and O–H groups in total. The van der Waals surface area contributed by atoms with Gasteiger partial charge in [0, 0.05) is 16.8 Å². The van der Waals surface area contributed by atoms with Gasteiger partial charge in [0.25, 0.3) is 0 Å². The van der Waals surface area contributed by atoms with E-state index in [4.69, 9.17) is 17.0 Å². The van der Waals surface area contributed by atoms with Crippen molar-refractivity contribution in [2.24, 2.45) is 0 Å². The molecular formula is C22H23N3OS2. The van der Waals surface area contributed by atoms with E-state index in [1.54, 1.807) is 11.3 Å². The standard InChI is InChI=1S/C22H23N3OS2/c1-14(2)26-17-9-7-16(8-10-17)25-20(21-15(3)11-13-28-21)19(24-22(25)27)18-6-4-5-12-23-18/h4-14,19-20H,1-3H3,(H,24,27). The zero-order valence-corrected chi connectivity index (χ0v) is 17.8. The topological polar surface area (TPSA) is 37.4 Å². The Bertz CT molecular complexity index is 953. The van der Waals surface area contributed by atoms with Gasteiger partial charge in [-0.15, -0.1) is 11.3 Å². The lowest BCUT2D eigenvalue weighted by molar-refractivity contribution is 0.242. The third-order valence-electron chi connectivity index (χ3n) is 4.76. The molecule has 3 heterocycles. The van der Waals surface area contributed by atoms with Gasteiger partial charge in [-0.1, -0.05) is 6.07 Å². The van der Waals surface area contributed by atoms with Crippen LogP contribution in [0.1, 0.15) is 42.1 Å². The predicted molar refractivity (Wildman–Crippen MR) is 119 cm³/mol. The van der Waals surface area contributed by atoms with Crippen molar-refractivity contribution in [1.29, 1.82) is 0 Å².